The molecule has 2 aromatic rings. The van der Waals surface area contributed by atoms with E-state index in [2.05, 4.69) is 11.8 Å². The topological polar surface area (TPSA) is 33.5 Å². The Morgan fingerprint density at radius 1 is 1.33 bits per heavy atom. The van der Waals surface area contributed by atoms with Crippen LogP contribution in [0, 0.1) is 5.92 Å². The fraction of sp³-hybridized carbons (Fsp3) is 0.375. The molecule has 0 radical (unpaired) electrons. The van der Waals surface area contributed by atoms with Crippen molar-refractivity contribution in [2.75, 3.05) is 13.1 Å². The Bertz CT molecular complexity index is 718. The lowest BCUT2D eigenvalue weighted by molar-refractivity contribution is 0.287. The van der Waals surface area contributed by atoms with Gasteiger partial charge < -0.3 is 9.32 Å². The molecule has 0 atom stereocenters. The Balaban J connectivity index is 1.79. The molecule has 3 nitrogen and oxygen atoms in total. The number of nitrogens with zero attached hydrogens (tertiary/aromatic N) is 1. The third kappa shape index (κ3) is 3.30. The first-order chi connectivity index (χ1) is 10.1. The summed E-state index contributed by atoms with van der Waals surface area (Å²) in [5.74, 6) is 0.764. The largest absolute Gasteiger partial charge is 0.422 e. The van der Waals surface area contributed by atoms with Crippen LogP contribution >= 0.6 is 24.0 Å². The van der Waals surface area contributed by atoms with E-state index >= 15 is 0 Å². The summed E-state index contributed by atoms with van der Waals surface area (Å²) in [4.78, 5) is 14.8. The summed E-state index contributed by atoms with van der Waals surface area (Å²) in [6.45, 7) is 4.23. The molecule has 1 aliphatic heterocycles. The molecular formula is C16H17NO2S2. The lowest BCUT2D eigenvalue weighted by atomic mass is 10.00. The van der Waals surface area contributed by atoms with E-state index in [0.717, 1.165) is 41.6 Å². The summed E-state index contributed by atoms with van der Waals surface area (Å²) in [6.07, 6.45) is 2.32. The lowest BCUT2D eigenvalue weighted by Gasteiger charge is -2.31. The average molecular weight is 319 g/mol. The molecule has 0 bridgehead atoms. The summed E-state index contributed by atoms with van der Waals surface area (Å²) in [7, 11) is 0. The second-order valence-electron chi connectivity index (χ2n) is 5.47. The molecule has 0 unspecified atom stereocenters. The predicted octanol–water partition coefficient (Wildman–Crippen LogP) is 3.90. The number of piperidine rings is 1. The molecule has 1 aliphatic rings. The van der Waals surface area contributed by atoms with Crippen molar-refractivity contribution in [1.29, 1.82) is 0 Å². The van der Waals surface area contributed by atoms with Crippen LogP contribution in [0.5, 0.6) is 0 Å². The van der Waals surface area contributed by atoms with Gasteiger partial charge in [-0.25, -0.2) is 4.79 Å². The zero-order valence-electron chi connectivity index (χ0n) is 11.9. The Labute approximate surface area is 133 Å². The van der Waals surface area contributed by atoms with Gasteiger partial charge >= 0.3 is 5.63 Å². The van der Waals surface area contributed by atoms with Crippen molar-refractivity contribution in [2.45, 2.75) is 24.7 Å². The Kier molecular flexibility index (Phi) is 4.31. The van der Waals surface area contributed by atoms with Gasteiger partial charge in [0.1, 0.15) is 14.8 Å². The maximum absolute atomic E-state index is 12.0. The van der Waals surface area contributed by atoms with Crippen molar-refractivity contribution in [3.05, 3.63) is 40.8 Å². The van der Waals surface area contributed by atoms with Crippen LogP contribution in [0.15, 0.2) is 44.4 Å². The first-order valence-corrected chi connectivity index (χ1v) is 8.35. The fourth-order valence-electron chi connectivity index (χ4n) is 2.46. The molecule has 0 spiro atoms. The van der Waals surface area contributed by atoms with Gasteiger partial charge in [-0.3, -0.25) is 0 Å². The highest BCUT2D eigenvalue weighted by Gasteiger charge is 2.19. The predicted molar refractivity (Wildman–Crippen MR) is 90.9 cm³/mol. The quantitative estimate of drug-likeness (QED) is 0.452. The Morgan fingerprint density at radius 3 is 2.81 bits per heavy atom. The van der Waals surface area contributed by atoms with E-state index in [1.54, 1.807) is 6.07 Å². The normalized spacial score (nSPS) is 16.3. The highest BCUT2D eigenvalue weighted by molar-refractivity contribution is 8.22. The van der Waals surface area contributed by atoms with Crippen LogP contribution in [0.1, 0.15) is 19.8 Å². The summed E-state index contributed by atoms with van der Waals surface area (Å²) in [5, 5.41) is 0.926. The van der Waals surface area contributed by atoms with E-state index in [4.69, 9.17) is 16.6 Å². The third-order valence-electron chi connectivity index (χ3n) is 3.85. The molecule has 1 fully saturated rings. The first kappa shape index (κ1) is 14.6. The van der Waals surface area contributed by atoms with E-state index in [0.29, 0.717) is 10.5 Å². The van der Waals surface area contributed by atoms with Crippen molar-refractivity contribution in [2.24, 2.45) is 5.92 Å². The van der Waals surface area contributed by atoms with Gasteiger partial charge in [-0.05, 0) is 30.9 Å². The molecule has 0 amide bonds. The van der Waals surface area contributed by atoms with E-state index in [-0.39, 0.29) is 5.63 Å². The van der Waals surface area contributed by atoms with Crippen molar-refractivity contribution < 1.29 is 4.42 Å². The number of hydrogen-bond acceptors (Lipinski definition) is 4. The molecule has 1 aromatic heterocycles. The van der Waals surface area contributed by atoms with Crippen molar-refractivity contribution in [3.63, 3.8) is 0 Å². The number of rotatable bonds is 1. The maximum Gasteiger partial charge on any atom is 0.350 e. The molecule has 0 N–H and O–H groups in total. The molecule has 5 heteroatoms. The van der Waals surface area contributed by atoms with Gasteiger partial charge in [-0.15, -0.1) is 0 Å². The summed E-state index contributed by atoms with van der Waals surface area (Å²) >= 11 is 6.83. The number of thiocarbonyl (C=S) groups is 1. The minimum Gasteiger partial charge on any atom is -0.422 e. The van der Waals surface area contributed by atoms with E-state index in [1.165, 1.54) is 11.8 Å². The van der Waals surface area contributed by atoms with Crippen molar-refractivity contribution in [3.8, 4) is 0 Å². The number of fused-ring (bicyclic) bond motifs is 1. The molecule has 1 saturated heterocycles. The van der Waals surface area contributed by atoms with Crippen LogP contribution in [0.2, 0.25) is 0 Å². The zero-order chi connectivity index (χ0) is 14.8. The monoisotopic (exact) mass is 319 g/mol. The second kappa shape index (κ2) is 6.20. The zero-order valence-corrected chi connectivity index (χ0v) is 13.5. The Morgan fingerprint density at radius 2 is 2.05 bits per heavy atom. The Hall–Kier alpha value is -1.33. The van der Waals surface area contributed by atoms with Crippen LogP contribution in [-0.2, 0) is 0 Å². The smallest absolute Gasteiger partial charge is 0.350 e. The molecule has 0 aliphatic carbocycles. The summed E-state index contributed by atoms with van der Waals surface area (Å²) < 4.78 is 6.11. The molecule has 21 heavy (non-hydrogen) atoms. The van der Waals surface area contributed by atoms with Gasteiger partial charge in [0.25, 0.3) is 0 Å². The highest BCUT2D eigenvalue weighted by atomic mass is 32.2. The van der Waals surface area contributed by atoms with Gasteiger partial charge in [0.05, 0.1) is 0 Å². The lowest BCUT2D eigenvalue weighted by Crippen LogP contribution is -2.35. The molecule has 2 heterocycles. The molecule has 110 valence electrons. The minimum atomic E-state index is -0.313. The average Bonchev–Trinajstić information content (AvgIpc) is 2.48. The van der Waals surface area contributed by atoms with Crippen LogP contribution < -0.4 is 5.63 Å². The SMILES string of the molecule is CC1CCN(C(=S)Sc2cc3ccccc3oc2=O)CC1. The maximum atomic E-state index is 12.0. The second-order valence-corrected chi connectivity index (χ2v) is 7.15. The van der Waals surface area contributed by atoms with Gasteiger partial charge in [-0.2, -0.15) is 0 Å². The number of para-hydroxylation sites is 1. The van der Waals surface area contributed by atoms with Gasteiger partial charge in [0.15, 0.2) is 0 Å². The third-order valence-corrected chi connectivity index (χ3v) is 5.29. The standard InChI is InChI=1S/C16H17NO2S2/c1-11-6-8-17(9-7-11)16(20)21-14-10-12-4-2-3-5-13(12)19-15(14)18/h2-5,10-11H,6-9H2,1H3. The van der Waals surface area contributed by atoms with Crippen LogP contribution in [-0.4, -0.2) is 22.3 Å². The number of benzene rings is 1. The molecule has 3 rings (SSSR count). The van der Waals surface area contributed by atoms with Crippen LogP contribution in [0.4, 0.5) is 0 Å². The van der Waals surface area contributed by atoms with Gasteiger partial charge in [0.2, 0.25) is 0 Å². The van der Waals surface area contributed by atoms with Crippen molar-refractivity contribution >= 4 is 39.3 Å². The molecule has 0 saturated carbocycles. The molecule has 1 aromatic carbocycles. The van der Waals surface area contributed by atoms with Gasteiger partial charge in [0, 0.05) is 18.5 Å². The van der Waals surface area contributed by atoms with E-state index in [1.807, 2.05) is 24.3 Å². The van der Waals surface area contributed by atoms with E-state index in [9.17, 15) is 4.79 Å². The van der Waals surface area contributed by atoms with Crippen LogP contribution in [0.25, 0.3) is 11.0 Å². The summed E-state index contributed by atoms with van der Waals surface area (Å²) in [5.41, 5.74) is 0.302. The van der Waals surface area contributed by atoms with E-state index < -0.39 is 0 Å². The highest BCUT2D eigenvalue weighted by Crippen LogP contribution is 2.25. The molecular weight excluding hydrogens is 302 g/mol. The van der Waals surface area contributed by atoms with Gasteiger partial charge in [-0.1, -0.05) is 49.1 Å². The first-order valence-electron chi connectivity index (χ1n) is 7.13. The van der Waals surface area contributed by atoms with Crippen LogP contribution in [0.3, 0.4) is 0 Å². The number of thioether (sulfide) groups is 1. The fourth-order valence-corrected chi connectivity index (χ4v) is 3.73. The summed E-state index contributed by atoms with van der Waals surface area (Å²) in [6, 6.07) is 9.40. The number of likely N-dealkylation sites (tertiary alicyclic amines) is 1. The minimum absolute atomic E-state index is 0.313. The number of hydrogen-bond donors (Lipinski definition) is 0. The van der Waals surface area contributed by atoms with Crippen molar-refractivity contribution in [1.82, 2.24) is 4.90 Å².